The van der Waals surface area contributed by atoms with Gasteiger partial charge in [0.05, 0.1) is 29.6 Å². The van der Waals surface area contributed by atoms with Crippen molar-refractivity contribution in [2.45, 2.75) is 13.8 Å². The zero-order valence-corrected chi connectivity index (χ0v) is 19.3. The van der Waals surface area contributed by atoms with E-state index in [0.717, 1.165) is 11.3 Å². The maximum atomic E-state index is 13.2. The van der Waals surface area contributed by atoms with Crippen molar-refractivity contribution in [2.75, 3.05) is 25.6 Å². The monoisotopic (exact) mass is 488 g/mol. The van der Waals surface area contributed by atoms with E-state index in [1.165, 1.54) is 48.4 Å². The van der Waals surface area contributed by atoms with Crippen molar-refractivity contribution in [2.24, 2.45) is 0 Å². The SMILES string of the molecule is CCOC(=O)c1c(NC(=O)COC(=O)c2cncn2-c2ccc(F)cc2)sc(C(=O)NC)c1C. The Morgan fingerprint density at radius 3 is 2.47 bits per heavy atom. The number of ether oxygens (including phenoxy) is 2. The molecule has 0 aliphatic carbocycles. The van der Waals surface area contributed by atoms with Gasteiger partial charge in [-0.15, -0.1) is 11.3 Å². The molecule has 0 saturated carbocycles. The van der Waals surface area contributed by atoms with E-state index in [9.17, 15) is 23.6 Å². The molecule has 0 aliphatic heterocycles. The molecule has 3 rings (SSSR count). The molecule has 12 heteroatoms. The quantitative estimate of drug-likeness (QED) is 0.467. The van der Waals surface area contributed by atoms with Crippen molar-refractivity contribution in [1.29, 1.82) is 0 Å². The molecule has 2 aromatic heterocycles. The van der Waals surface area contributed by atoms with Crippen LogP contribution in [0.15, 0.2) is 36.8 Å². The third-order valence-corrected chi connectivity index (χ3v) is 5.81. The average molecular weight is 488 g/mol. The molecule has 0 aliphatic rings. The lowest BCUT2D eigenvalue weighted by atomic mass is 10.1. The Morgan fingerprint density at radius 1 is 1.12 bits per heavy atom. The van der Waals surface area contributed by atoms with Crippen LogP contribution in [0.2, 0.25) is 0 Å². The number of nitrogens with zero attached hydrogens (tertiary/aromatic N) is 2. The molecular formula is C22H21FN4O6S. The van der Waals surface area contributed by atoms with E-state index in [1.807, 2.05) is 0 Å². The van der Waals surface area contributed by atoms with Gasteiger partial charge in [0.2, 0.25) is 0 Å². The molecule has 10 nitrogen and oxygen atoms in total. The van der Waals surface area contributed by atoms with E-state index in [0.29, 0.717) is 11.3 Å². The zero-order valence-electron chi connectivity index (χ0n) is 18.5. The first-order valence-corrected chi connectivity index (χ1v) is 10.9. The van der Waals surface area contributed by atoms with Crippen LogP contribution in [0.4, 0.5) is 9.39 Å². The maximum absolute atomic E-state index is 13.2. The molecule has 3 aromatic rings. The third kappa shape index (κ3) is 5.29. The number of hydrogen-bond acceptors (Lipinski definition) is 8. The van der Waals surface area contributed by atoms with Crippen LogP contribution >= 0.6 is 11.3 Å². The second-order valence-electron chi connectivity index (χ2n) is 6.81. The molecule has 2 amide bonds. The summed E-state index contributed by atoms with van der Waals surface area (Å²) in [5.41, 5.74) is 0.920. The number of aromatic nitrogens is 2. The lowest BCUT2D eigenvalue weighted by Gasteiger charge is -2.09. The van der Waals surface area contributed by atoms with Crippen LogP contribution in [0, 0.1) is 12.7 Å². The predicted molar refractivity (Wildman–Crippen MR) is 121 cm³/mol. The summed E-state index contributed by atoms with van der Waals surface area (Å²) in [5.74, 6) is -3.11. The molecule has 2 N–H and O–H groups in total. The molecule has 1 aromatic carbocycles. The lowest BCUT2D eigenvalue weighted by molar-refractivity contribution is -0.119. The van der Waals surface area contributed by atoms with E-state index in [-0.39, 0.29) is 27.7 Å². The number of benzene rings is 1. The fraction of sp³-hybridized carbons (Fsp3) is 0.227. The van der Waals surface area contributed by atoms with Crippen molar-refractivity contribution in [3.8, 4) is 5.69 Å². The Kier molecular flexibility index (Phi) is 7.74. The minimum atomic E-state index is -0.837. The first-order valence-electron chi connectivity index (χ1n) is 10.0. The van der Waals surface area contributed by atoms with Crippen LogP contribution in [0.1, 0.15) is 43.0 Å². The topological polar surface area (TPSA) is 129 Å². The highest BCUT2D eigenvalue weighted by atomic mass is 32.1. The number of rotatable bonds is 8. The summed E-state index contributed by atoms with van der Waals surface area (Å²) < 4.78 is 24.7. The van der Waals surface area contributed by atoms with Crippen LogP contribution in [-0.4, -0.2) is 53.6 Å². The van der Waals surface area contributed by atoms with Gasteiger partial charge in [-0.1, -0.05) is 0 Å². The van der Waals surface area contributed by atoms with E-state index >= 15 is 0 Å². The number of imidazole rings is 1. The molecular weight excluding hydrogens is 467 g/mol. The summed E-state index contributed by atoms with van der Waals surface area (Å²) in [4.78, 5) is 53.6. The maximum Gasteiger partial charge on any atom is 0.357 e. The van der Waals surface area contributed by atoms with Gasteiger partial charge < -0.3 is 20.1 Å². The van der Waals surface area contributed by atoms with E-state index in [1.54, 1.807) is 13.8 Å². The van der Waals surface area contributed by atoms with Gasteiger partial charge in [-0.2, -0.15) is 0 Å². The van der Waals surface area contributed by atoms with Crippen molar-refractivity contribution < 1.29 is 33.0 Å². The molecule has 0 unspecified atom stereocenters. The van der Waals surface area contributed by atoms with Crippen LogP contribution in [-0.2, 0) is 14.3 Å². The number of anilines is 1. The fourth-order valence-electron chi connectivity index (χ4n) is 3.00. The van der Waals surface area contributed by atoms with Gasteiger partial charge in [-0.25, -0.2) is 19.0 Å². The number of amides is 2. The van der Waals surface area contributed by atoms with Gasteiger partial charge >= 0.3 is 11.9 Å². The Morgan fingerprint density at radius 2 is 1.82 bits per heavy atom. The standard InChI is InChI=1S/C22H21FN4O6S/c1-4-32-22(31)17-12(2)18(19(29)24-3)34-20(17)26-16(28)10-33-21(30)15-9-25-11-27(15)14-7-5-13(23)6-8-14/h5-9,11H,4,10H2,1-3H3,(H,24,29)(H,26,28). The molecule has 0 spiro atoms. The minimum Gasteiger partial charge on any atom is -0.462 e. The molecule has 178 valence electrons. The lowest BCUT2D eigenvalue weighted by Crippen LogP contribution is -2.22. The molecule has 2 heterocycles. The van der Waals surface area contributed by atoms with Crippen molar-refractivity contribution in [3.63, 3.8) is 0 Å². The van der Waals surface area contributed by atoms with Gasteiger partial charge in [-0.05, 0) is 43.7 Å². The van der Waals surface area contributed by atoms with Crippen molar-refractivity contribution >= 4 is 40.1 Å². The molecule has 0 saturated heterocycles. The van der Waals surface area contributed by atoms with Gasteiger partial charge in [0, 0.05) is 12.7 Å². The highest BCUT2D eigenvalue weighted by molar-refractivity contribution is 7.18. The van der Waals surface area contributed by atoms with Crippen LogP contribution in [0.25, 0.3) is 5.69 Å². The molecule has 0 radical (unpaired) electrons. The highest BCUT2D eigenvalue weighted by Crippen LogP contribution is 2.33. The second-order valence-corrected chi connectivity index (χ2v) is 7.83. The fourth-order valence-corrected chi connectivity index (χ4v) is 4.16. The van der Waals surface area contributed by atoms with E-state index in [4.69, 9.17) is 9.47 Å². The normalized spacial score (nSPS) is 10.5. The van der Waals surface area contributed by atoms with Crippen LogP contribution in [0.3, 0.4) is 0 Å². The average Bonchev–Trinajstić information content (AvgIpc) is 3.42. The number of carbonyl (C=O) groups excluding carboxylic acids is 4. The summed E-state index contributed by atoms with van der Waals surface area (Å²) in [6.45, 7) is 2.64. The summed E-state index contributed by atoms with van der Waals surface area (Å²) in [5, 5.41) is 5.08. The first kappa shape index (κ1) is 24.6. The van der Waals surface area contributed by atoms with Crippen molar-refractivity contribution in [1.82, 2.24) is 14.9 Å². The summed E-state index contributed by atoms with van der Waals surface area (Å²) in [6.07, 6.45) is 2.60. The number of esters is 2. The van der Waals surface area contributed by atoms with E-state index in [2.05, 4.69) is 15.6 Å². The van der Waals surface area contributed by atoms with Gasteiger partial charge in [0.1, 0.15) is 10.8 Å². The summed E-state index contributed by atoms with van der Waals surface area (Å²) in [6, 6.07) is 5.38. The van der Waals surface area contributed by atoms with Gasteiger partial charge in [0.15, 0.2) is 12.3 Å². The summed E-state index contributed by atoms with van der Waals surface area (Å²) >= 11 is 0.904. The van der Waals surface area contributed by atoms with E-state index < -0.39 is 36.2 Å². The van der Waals surface area contributed by atoms with Crippen LogP contribution in [0.5, 0.6) is 0 Å². The second kappa shape index (κ2) is 10.7. The summed E-state index contributed by atoms with van der Waals surface area (Å²) in [7, 11) is 1.44. The Labute approximate surface area is 197 Å². The van der Waals surface area contributed by atoms with Crippen molar-refractivity contribution in [3.05, 3.63) is 64.3 Å². The molecule has 34 heavy (non-hydrogen) atoms. The molecule has 0 fully saturated rings. The third-order valence-electron chi connectivity index (χ3n) is 4.60. The molecule has 0 atom stereocenters. The first-order chi connectivity index (χ1) is 16.3. The van der Waals surface area contributed by atoms with Gasteiger partial charge in [0.25, 0.3) is 11.8 Å². The number of hydrogen-bond donors (Lipinski definition) is 2. The smallest absolute Gasteiger partial charge is 0.357 e. The van der Waals surface area contributed by atoms with Gasteiger partial charge in [-0.3, -0.25) is 14.2 Å². The number of nitrogens with one attached hydrogen (secondary N) is 2. The van der Waals surface area contributed by atoms with Crippen LogP contribution < -0.4 is 10.6 Å². The number of thiophene rings is 1. The molecule has 0 bridgehead atoms. The number of halogens is 1. The Bertz CT molecular complexity index is 1230. The minimum absolute atomic E-state index is 0.0282. The Hall–Kier alpha value is -4.06. The number of carbonyl (C=O) groups is 4. The highest BCUT2D eigenvalue weighted by Gasteiger charge is 2.26. The predicted octanol–water partition coefficient (Wildman–Crippen LogP) is 2.71. The Balaban J connectivity index is 1.73. The largest absolute Gasteiger partial charge is 0.462 e. The zero-order chi connectivity index (χ0) is 24.8.